The summed E-state index contributed by atoms with van der Waals surface area (Å²) in [6.07, 6.45) is 0. The first-order valence-electron chi connectivity index (χ1n) is 5.62. The predicted octanol–water partition coefficient (Wildman–Crippen LogP) is 3.39. The molecule has 0 saturated heterocycles. The van der Waals surface area contributed by atoms with Gasteiger partial charge in [-0.3, -0.25) is 0 Å². The van der Waals surface area contributed by atoms with Crippen molar-refractivity contribution in [2.45, 2.75) is 26.7 Å². The van der Waals surface area contributed by atoms with E-state index in [4.69, 9.17) is 5.73 Å². The summed E-state index contributed by atoms with van der Waals surface area (Å²) in [4.78, 5) is 0. The van der Waals surface area contributed by atoms with Gasteiger partial charge in [-0.1, -0.05) is 38.1 Å². The summed E-state index contributed by atoms with van der Waals surface area (Å²) < 4.78 is 13.8. The van der Waals surface area contributed by atoms with Crippen LogP contribution >= 0.6 is 0 Å². The van der Waals surface area contributed by atoms with Crippen molar-refractivity contribution >= 4 is 0 Å². The minimum absolute atomic E-state index is 0.0828. The van der Waals surface area contributed by atoms with E-state index in [2.05, 4.69) is 20.4 Å². The zero-order valence-corrected chi connectivity index (χ0v) is 10.3. The van der Waals surface area contributed by atoms with Crippen LogP contribution < -0.4 is 5.73 Å². The molecule has 0 heterocycles. The Labute approximate surface area is 97.2 Å². The molecule has 0 aromatic heterocycles. The highest BCUT2D eigenvalue weighted by Crippen LogP contribution is 2.29. The molecule has 1 aromatic carbocycles. The Morgan fingerprint density at radius 2 is 2.06 bits per heavy atom. The molecule has 0 saturated carbocycles. The van der Waals surface area contributed by atoms with Crippen LogP contribution in [0.15, 0.2) is 30.4 Å². The van der Waals surface area contributed by atoms with E-state index in [0.717, 1.165) is 11.1 Å². The molecular formula is C14H20FN. The van der Waals surface area contributed by atoms with Crippen molar-refractivity contribution in [1.82, 2.24) is 0 Å². The summed E-state index contributed by atoms with van der Waals surface area (Å²) in [6, 6.07) is 5.27. The SMILES string of the molecule is C=C(C(C)C)[C@H](CN)c1ccc(C)cc1F. The van der Waals surface area contributed by atoms with Crippen molar-refractivity contribution in [1.29, 1.82) is 0 Å². The van der Waals surface area contributed by atoms with Crippen molar-refractivity contribution in [3.63, 3.8) is 0 Å². The Morgan fingerprint density at radius 1 is 1.44 bits per heavy atom. The number of halogens is 1. The third kappa shape index (κ3) is 2.70. The largest absolute Gasteiger partial charge is 0.330 e. The maximum Gasteiger partial charge on any atom is 0.127 e. The van der Waals surface area contributed by atoms with Gasteiger partial charge in [-0.2, -0.15) is 0 Å². The molecule has 1 nitrogen and oxygen atoms in total. The fourth-order valence-electron chi connectivity index (χ4n) is 1.80. The van der Waals surface area contributed by atoms with Crippen LogP contribution in [0.25, 0.3) is 0 Å². The molecule has 0 spiro atoms. The van der Waals surface area contributed by atoms with Gasteiger partial charge in [0.1, 0.15) is 5.82 Å². The lowest BCUT2D eigenvalue weighted by molar-refractivity contribution is 0.577. The van der Waals surface area contributed by atoms with Gasteiger partial charge in [0.2, 0.25) is 0 Å². The summed E-state index contributed by atoms with van der Waals surface area (Å²) in [6.45, 7) is 10.4. The van der Waals surface area contributed by atoms with Crippen molar-refractivity contribution in [3.8, 4) is 0 Å². The molecule has 1 aromatic rings. The second kappa shape index (κ2) is 5.26. The van der Waals surface area contributed by atoms with Crippen LogP contribution in [0.4, 0.5) is 4.39 Å². The Morgan fingerprint density at radius 3 is 2.50 bits per heavy atom. The van der Waals surface area contributed by atoms with E-state index in [1.807, 2.05) is 19.1 Å². The van der Waals surface area contributed by atoms with Crippen molar-refractivity contribution in [2.75, 3.05) is 6.54 Å². The molecule has 0 bridgehead atoms. The van der Waals surface area contributed by atoms with Gasteiger partial charge < -0.3 is 5.73 Å². The highest BCUT2D eigenvalue weighted by atomic mass is 19.1. The van der Waals surface area contributed by atoms with Crippen LogP contribution in [-0.4, -0.2) is 6.54 Å². The lowest BCUT2D eigenvalue weighted by Gasteiger charge is -2.21. The molecule has 0 fully saturated rings. The summed E-state index contributed by atoms with van der Waals surface area (Å²) >= 11 is 0. The van der Waals surface area contributed by atoms with Crippen molar-refractivity contribution < 1.29 is 4.39 Å². The fourth-order valence-corrected chi connectivity index (χ4v) is 1.80. The van der Waals surface area contributed by atoms with Gasteiger partial charge in [-0.05, 0) is 30.0 Å². The van der Waals surface area contributed by atoms with Crippen LogP contribution in [0.5, 0.6) is 0 Å². The first-order chi connectivity index (χ1) is 7.47. The van der Waals surface area contributed by atoms with Crippen LogP contribution in [-0.2, 0) is 0 Å². The van der Waals surface area contributed by atoms with Gasteiger partial charge in [0.05, 0.1) is 0 Å². The van der Waals surface area contributed by atoms with E-state index >= 15 is 0 Å². The van der Waals surface area contributed by atoms with Gasteiger partial charge in [0.15, 0.2) is 0 Å². The summed E-state index contributed by atoms with van der Waals surface area (Å²) in [5, 5.41) is 0. The molecule has 2 N–H and O–H groups in total. The molecule has 1 atom stereocenters. The maximum atomic E-state index is 13.8. The number of aryl methyl sites for hydroxylation is 1. The minimum atomic E-state index is -0.183. The Balaban J connectivity index is 3.09. The van der Waals surface area contributed by atoms with Crippen LogP contribution in [0, 0.1) is 18.7 Å². The highest BCUT2D eigenvalue weighted by Gasteiger charge is 2.19. The smallest absolute Gasteiger partial charge is 0.127 e. The normalized spacial score (nSPS) is 12.9. The quantitative estimate of drug-likeness (QED) is 0.775. The molecule has 16 heavy (non-hydrogen) atoms. The number of hydrogen-bond donors (Lipinski definition) is 1. The third-order valence-corrected chi connectivity index (χ3v) is 2.96. The second-order valence-electron chi connectivity index (χ2n) is 4.54. The van der Waals surface area contributed by atoms with Crippen molar-refractivity contribution in [2.24, 2.45) is 11.7 Å². The fraction of sp³-hybridized carbons (Fsp3) is 0.429. The predicted molar refractivity (Wildman–Crippen MR) is 66.9 cm³/mol. The standard InChI is InChI=1S/C14H20FN/c1-9(2)11(4)13(8-16)12-6-5-10(3)7-14(12)15/h5-7,9,13H,4,8,16H2,1-3H3/t13-/m0/s1. The molecule has 1 rings (SSSR count). The van der Waals surface area contributed by atoms with E-state index in [-0.39, 0.29) is 11.7 Å². The number of rotatable bonds is 4. The number of hydrogen-bond acceptors (Lipinski definition) is 1. The Hall–Kier alpha value is -1.15. The second-order valence-corrected chi connectivity index (χ2v) is 4.54. The monoisotopic (exact) mass is 221 g/mol. The van der Waals surface area contributed by atoms with Gasteiger partial charge in [0, 0.05) is 12.5 Å². The molecular weight excluding hydrogens is 201 g/mol. The Kier molecular flexibility index (Phi) is 4.25. The van der Waals surface area contributed by atoms with Gasteiger partial charge in [0.25, 0.3) is 0 Å². The minimum Gasteiger partial charge on any atom is -0.330 e. The first-order valence-corrected chi connectivity index (χ1v) is 5.62. The van der Waals surface area contributed by atoms with Crippen molar-refractivity contribution in [3.05, 3.63) is 47.3 Å². The molecule has 0 unspecified atom stereocenters. The van der Waals surface area contributed by atoms with Gasteiger partial charge >= 0.3 is 0 Å². The lowest BCUT2D eigenvalue weighted by Crippen LogP contribution is -2.18. The lowest BCUT2D eigenvalue weighted by atomic mass is 9.85. The average molecular weight is 221 g/mol. The molecule has 0 amide bonds. The number of benzene rings is 1. The van der Waals surface area contributed by atoms with Gasteiger partial charge in [-0.25, -0.2) is 4.39 Å². The van der Waals surface area contributed by atoms with E-state index in [9.17, 15) is 4.39 Å². The van der Waals surface area contributed by atoms with Gasteiger partial charge in [-0.15, -0.1) is 0 Å². The van der Waals surface area contributed by atoms with E-state index in [1.165, 1.54) is 0 Å². The zero-order valence-electron chi connectivity index (χ0n) is 10.3. The third-order valence-electron chi connectivity index (χ3n) is 2.96. The average Bonchev–Trinajstić information content (AvgIpc) is 2.21. The summed E-state index contributed by atoms with van der Waals surface area (Å²) in [5.74, 6) is 0.0482. The van der Waals surface area contributed by atoms with Crippen LogP contribution in [0.2, 0.25) is 0 Å². The topological polar surface area (TPSA) is 26.0 Å². The summed E-state index contributed by atoms with van der Waals surface area (Å²) in [5.41, 5.74) is 8.30. The molecule has 88 valence electrons. The van der Waals surface area contributed by atoms with Crippen LogP contribution in [0.1, 0.15) is 30.9 Å². The molecule has 0 aliphatic carbocycles. The van der Waals surface area contributed by atoms with E-state index in [1.54, 1.807) is 6.07 Å². The highest BCUT2D eigenvalue weighted by molar-refractivity contribution is 5.32. The Bertz CT molecular complexity index is 382. The first kappa shape index (κ1) is 12.9. The molecule has 2 heteroatoms. The zero-order chi connectivity index (χ0) is 12.3. The summed E-state index contributed by atoms with van der Waals surface area (Å²) in [7, 11) is 0. The molecule has 0 radical (unpaired) electrons. The van der Waals surface area contributed by atoms with E-state index < -0.39 is 0 Å². The molecule has 0 aliphatic heterocycles. The maximum absolute atomic E-state index is 13.8. The number of nitrogens with two attached hydrogens (primary N) is 1. The van der Waals surface area contributed by atoms with E-state index in [0.29, 0.717) is 18.0 Å². The molecule has 0 aliphatic rings. The van der Waals surface area contributed by atoms with Crippen LogP contribution in [0.3, 0.4) is 0 Å².